The molecule has 0 aliphatic heterocycles. The van der Waals surface area contributed by atoms with Crippen LogP contribution in [0.2, 0.25) is 0 Å². The molecule has 8 heteroatoms. The van der Waals surface area contributed by atoms with Crippen LogP contribution in [0.25, 0.3) is 0 Å². The Morgan fingerprint density at radius 2 is 1.89 bits per heavy atom. The second-order valence-electron chi connectivity index (χ2n) is 6.41. The Morgan fingerprint density at radius 1 is 1.18 bits per heavy atom. The van der Waals surface area contributed by atoms with E-state index in [1.807, 2.05) is 49.7 Å². The smallest absolute Gasteiger partial charge is 0.240 e. The van der Waals surface area contributed by atoms with E-state index in [1.54, 1.807) is 12.1 Å². The van der Waals surface area contributed by atoms with E-state index in [2.05, 4.69) is 4.72 Å². The Kier molecular flexibility index (Phi) is 6.57. The fourth-order valence-electron chi connectivity index (χ4n) is 2.92. The van der Waals surface area contributed by atoms with Crippen LogP contribution in [-0.4, -0.2) is 20.1 Å². The maximum Gasteiger partial charge on any atom is 0.240 e. The molecule has 2 aromatic heterocycles. The minimum Gasteiger partial charge on any atom is -0.493 e. The molecule has 28 heavy (non-hydrogen) atoms. The summed E-state index contributed by atoms with van der Waals surface area (Å²) >= 11 is 2.93. The summed E-state index contributed by atoms with van der Waals surface area (Å²) in [6.45, 7) is 6.29. The first-order valence-electron chi connectivity index (χ1n) is 8.84. The van der Waals surface area contributed by atoms with Gasteiger partial charge in [0, 0.05) is 16.3 Å². The van der Waals surface area contributed by atoms with Crippen LogP contribution in [0, 0.1) is 13.8 Å². The Bertz CT molecular complexity index is 1020. The zero-order valence-corrected chi connectivity index (χ0v) is 18.4. The Labute approximate surface area is 173 Å². The molecule has 0 fully saturated rings. The summed E-state index contributed by atoms with van der Waals surface area (Å²) in [5, 5.41) is 14.2. The second kappa shape index (κ2) is 8.75. The molecule has 0 saturated carbocycles. The number of nitrogens with one attached hydrogen (secondary N) is 1. The van der Waals surface area contributed by atoms with E-state index in [0.717, 1.165) is 32.2 Å². The second-order valence-corrected chi connectivity index (χ2v) is 10.2. The number of rotatable bonds is 8. The van der Waals surface area contributed by atoms with Crippen molar-refractivity contribution in [3.63, 3.8) is 0 Å². The zero-order chi connectivity index (χ0) is 20.3. The zero-order valence-electron chi connectivity index (χ0n) is 15.9. The van der Waals surface area contributed by atoms with Gasteiger partial charge >= 0.3 is 0 Å². The van der Waals surface area contributed by atoms with Gasteiger partial charge in [-0.15, -0.1) is 11.3 Å². The van der Waals surface area contributed by atoms with Gasteiger partial charge in [0.15, 0.2) is 0 Å². The molecule has 0 spiro atoms. The lowest BCUT2D eigenvalue weighted by atomic mass is 10.1. The largest absolute Gasteiger partial charge is 0.493 e. The lowest BCUT2D eigenvalue weighted by molar-refractivity contribution is 0.224. The molecule has 1 unspecified atom stereocenters. The highest BCUT2D eigenvalue weighted by atomic mass is 32.2. The third-order valence-electron chi connectivity index (χ3n) is 4.28. The van der Waals surface area contributed by atoms with Gasteiger partial charge < -0.3 is 9.84 Å². The lowest BCUT2D eigenvalue weighted by Crippen LogP contribution is -2.23. The van der Waals surface area contributed by atoms with Crippen molar-refractivity contribution in [3.05, 3.63) is 67.5 Å². The maximum atomic E-state index is 12.7. The van der Waals surface area contributed by atoms with Crippen LogP contribution in [0.4, 0.5) is 0 Å². The van der Waals surface area contributed by atoms with Gasteiger partial charge in [-0.3, -0.25) is 0 Å². The maximum absolute atomic E-state index is 12.7. The lowest BCUT2D eigenvalue weighted by Gasteiger charge is -2.13. The molecule has 1 atom stereocenters. The molecule has 0 aliphatic carbocycles. The molecule has 3 aromatic rings. The normalized spacial score (nSPS) is 12.9. The number of aliphatic hydroxyl groups is 1. The molecule has 150 valence electrons. The van der Waals surface area contributed by atoms with Crippen molar-refractivity contribution >= 4 is 32.7 Å². The molecule has 0 saturated heterocycles. The quantitative estimate of drug-likeness (QED) is 0.548. The summed E-state index contributed by atoms with van der Waals surface area (Å²) in [7, 11) is -3.65. The van der Waals surface area contributed by atoms with E-state index >= 15 is 0 Å². The first-order valence-corrected chi connectivity index (χ1v) is 12.1. The van der Waals surface area contributed by atoms with Gasteiger partial charge in [-0.2, -0.15) is 11.3 Å². The van der Waals surface area contributed by atoms with Crippen LogP contribution >= 0.6 is 22.7 Å². The number of hydrogen-bond donors (Lipinski definition) is 2. The summed E-state index contributed by atoms with van der Waals surface area (Å²) < 4.78 is 33.7. The molecule has 1 aromatic carbocycles. The molecular formula is C20H23NO4S3. The van der Waals surface area contributed by atoms with E-state index in [9.17, 15) is 13.5 Å². The van der Waals surface area contributed by atoms with Crippen molar-refractivity contribution < 1.29 is 18.3 Å². The number of aryl methyl sites for hydroxylation is 2. The summed E-state index contributed by atoms with van der Waals surface area (Å²) in [6.07, 6.45) is -0.682. The van der Waals surface area contributed by atoms with Crippen molar-refractivity contribution in [2.45, 2.75) is 38.3 Å². The van der Waals surface area contributed by atoms with E-state index in [1.165, 1.54) is 22.7 Å². The first kappa shape index (κ1) is 21.0. The van der Waals surface area contributed by atoms with Gasteiger partial charge in [-0.05, 0) is 78.6 Å². The molecule has 0 amide bonds. The van der Waals surface area contributed by atoms with Gasteiger partial charge in [0.1, 0.15) is 11.9 Å². The van der Waals surface area contributed by atoms with Gasteiger partial charge in [-0.25, -0.2) is 13.1 Å². The number of benzene rings is 1. The topological polar surface area (TPSA) is 75.6 Å². The standard InChI is InChI=1S/C20H23NO4S3/c1-4-25-20-13(2)9-17(10-14(20)3)28(23,24)21-11-16-5-6-18(27-16)19(22)15-7-8-26-12-15/h5-10,12,19,21-22H,4,11H2,1-3H3. The number of aliphatic hydroxyl groups excluding tert-OH is 1. The van der Waals surface area contributed by atoms with Crippen molar-refractivity contribution in [2.75, 3.05) is 6.61 Å². The predicted molar refractivity (Wildman–Crippen MR) is 114 cm³/mol. The third-order valence-corrected chi connectivity index (χ3v) is 7.50. The Morgan fingerprint density at radius 3 is 2.50 bits per heavy atom. The summed E-state index contributed by atoms with van der Waals surface area (Å²) in [4.78, 5) is 1.86. The summed E-state index contributed by atoms with van der Waals surface area (Å²) in [5.74, 6) is 0.728. The van der Waals surface area contributed by atoms with Gasteiger partial charge in [0.2, 0.25) is 10.0 Å². The number of hydrogen-bond acceptors (Lipinski definition) is 6. The molecule has 0 bridgehead atoms. The van der Waals surface area contributed by atoms with Gasteiger partial charge in [0.05, 0.1) is 11.5 Å². The monoisotopic (exact) mass is 437 g/mol. The van der Waals surface area contributed by atoms with Crippen LogP contribution in [0.3, 0.4) is 0 Å². The van der Waals surface area contributed by atoms with E-state index in [4.69, 9.17) is 4.74 Å². The summed E-state index contributed by atoms with van der Waals surface area (Å²) in [5.41, 5.74) is 2.43. The fraction of sp³-hybridized carbons (Fsp3) is 0.300. The predicted octanol–water partition coefficient (Wildman–Crippen LogP) is 4.39. The molecular weight excluding hydrogens is 414 g/mol. The van der Waals surface area contributed by atoms with Crippen LogP contribution < -0.4 is 9.46 Å². The highest BCUT2D eigenvalue weighted by molar-refractivity contribution is 7.89. The van der Waals surface area contributed by atoms with Crippen LogP contribution in [0.5, 0.6) is 5.75 Å². The minimum atomic E-state index is -3.65. The molecule has 3 rings (SSSR count). The summed E-state index contributed by atoms with van der Waals surface area (Å²) in [6, 6.07) is 8.81. The van der Waals surface area contributed by atoms with Gasteiger partial charge in [0.25, 0.3) is 0 Å². The van der Waals surface area contributed by atoms with Crippen molar-refractivity contribution in [1.29, 1.82) is 0 Å². The fourth-order valence-corrected chi connectivity index (χ4v) is 5.83. The van der Waals surface area contributed by atoms with Crippen LogP contribution in [0.1, 0.15) is 39.5 Å². The van der Waals surface area contributed by atoms with Gasteiger partial charge in [-0.1, -0.05) is 0 Å². The highest BCUT2D eigenvalue weighted by Crippen LogP contribution is 2.30. The number of thiophene rings is 2. The molecule has 0 aliphatic rings. The minimum absolute atomic E-state index is 0.175. The van der Waals surface area contributed by atoms with Crippen molar-refractivity contribution in [1.82, 2.24) is 4.72 Å². The van der Waals surface area contributed by atoms with E-state index in [-0.39, 0.29) is 11.4 Å². The number of sulfonamides is 1. The average Bonchev–Trinajstić information content (AvgIpc) is 3.34. The highest BCUT2D eigenvalue weighted by Gasteiger charge is 2.19. The Hall–Kier alpha value is -1.71. The van der Waals surface area contributed by atoms with Crippen LogP contribution in [0.15, 0.2) is 46.0 Å². The van der Waals surface area contributed by atoms with Crippen molar-refractivity contribution in [2.24, 2.45) is 0 Å². The molecule has 5 nitrogen and oxygen atoms in total. The third kappa shape index (κ3) is 4.64. The average molecular weight is 438 g/mol. The Balaban J connectivity index is 1.72. The number of ether oxygens (including phenoxy) is 1. The van der Waals surface area contributed by atoms with Crippen LogP contribution in [-0.2, 0) is 16.6 Å². The SMILES string of the molecule is CCOc1c(C)cc(S(=O)(=O)NCc2ccc(C(O)c3ccsc3)s2)cc1C. The molecule has 0 radical (unpaired) electrons. The molecule has 2 heterocycles. The van der Waals surface area contributed by atoms with E-state index in [0.29, 0.717) is 6.61 Å². The first-order chi connectivity index (χ1) is 13.3. The van der Waals surface area contributed by atoms with E-state index < -0.39 is 16.1 Å². The molecule has 2 N–H and O–H groups in total. The van der Waals surface area contributed by atoms with Crippen molar-refractivity contribution in [3.8, 4) is 5.75 Å².